The molecule has 2 unspecified atom stereocenters. The van der Waals surface area contributed by atoms with Crippen LogP contribution in [0.25, 0.3) is 0 Å². The molecule has 0 aromatic rings. The lowest BCUT2D eigenvalue weighted by molar-refractivity contribution is -0.123. The van der Waals surface area contributed by atoms with E-state index in [2.05, 4.69) is 13.2 Å². The Kier molecular flexibility index (Phi) is 1.99. The minimum atomic E-state index is -0.332. The van der Waals surface area contributed by atoms with Gasteiger partial charge in [0.05, 0.1) is 5.41 Å². The molecule has 0 N–H and O–H groups in total. The summed E-state index contributed by atoms with van der Waals surface area (Å²) in [5.74, 6) is 0.602. The molecule has 0 spiro atoms. The lowest BCUT2D eigenvalue weighted by atomic mass is 9.79. The topological polar surface area (TPSA) is 17.1 Å². The summed E-state index contributed by atoms with van der Waals surface area (Å²) in [7, 11) is 0. The molecule has 60 valence electrons. The second-order valence-corrected chi connectivity index (χ2v) is 3.29. The van der Waals surface area contributed by atoms with E-state index in [0.717, 1.165) is 6.42 Å². The van der Waals surface area contributed by atoms with Crippen molar-refractivity contribution in [2.75, 3.05) is 0 Å². The summed E-state index contributed by atoms with van der Waals surface area (Å²) in [6.07, 6.45) is 5.24. The zero-order chi connectivity index (χ0) is 8.48. The van der Waals surface area contributed by atoms with E-state index in [-0.39, 0.29) is 5.41 Å². The third-order valence-electron chi connectivity index (χ3n) is 2.76. The monoisotopic (exact) mass is 150 g/mol. The number of hydrogen-bond acceptors (Lipinski definition) is 1. The van der Waals surface area contributed by atoms with Gasteiger partial charge in [-0.3, -0.25) is 4.79 Å². The van der Waals surface area contributed by atoms with Gasteiger partial charge in [0.15, 0.2) is 0 Å². The first-order chi connectivity index (χ1) is 5.15. The Hall–Kier alpha value is -0.850. The summed E-state index contributed by atoms with van der Waals surface area (Å²) in [4.78, 5) is 11.4. The van der Waals surface area contributed by atoms with Crippen molar-refractivity contribution in [3.63, 3.8) is 0 Å². The highest BCUT2D eigenvalue weighted by Gasteiger charge is 2.41. The highest BCUT2D eigenvalue weighted by Crippen LogP contribution is 2.41. The second kappa shape index (κ2) is 2.65. The van der Waals surface area contributed by atoms with E-state index < -0.39 is 0 Å². The Bertz CT molecular complexity index is 205. The SMILES string of the molecule is C=CC1CCC(=O)C1(C)C=C. The van der Waals surface area contributed by atoms with Gasteiger partial charge in [-0.1, -0.05) is 12.2 Å². The van der Waals surface area contributed by atoms with Gasteiger partial charge in [-0.2, -0.15) is 0 Å². The smallest absolute Gasteiger partial charge is 0.143 e. The molecule has 1 fully saturated rings. The van der Waals surface area contributed by atoms with E-state index in [1.807, 2.05) is 13.0 Å². The minimum absolute atomic E-state index is 0.299. The number of allylic oxidation sites excluding steroid dienone is 2. The van der Waals surface area contributed by atoms with Crippen molar-refractivity contribution in [1.82, 2.24) is 0 Å². The third kappa shape index (κ3) is 1.05. The molecule has 0 aromatic heterocycles. The molecule has 2 atom stereocenters. The van der Waals surface area contributed by atoms with Gasteiger partial charge in [-0.05, 0) is 19.3 Å². The molecule has 11 heavy (non-hydrogen) atoms. The summed E-state index contributed by atoms with van der Waals surface area (Å²) in [5.41, 5.74) is -0.332. The minimum Gasteiger partial charge on any atom is -0.299 e. The predicted octanol–water partition coefficient (Wildman–Crippen LogP) is 2.34. The first kappa shape index (κ1) is 8.25. The lowest BCUT2D eigenvalue weighted by Crippen LogP contribution is -2.24. The first-order valence-corrected chi connectivity index (χ1v) is 3.94. The van der Waals surface area contributed by atoms with Crippen LogP contribution in [0.2, 0.25) is 0 Å². The molecule has 1 heteroatoms. The molecule has 0 amide bonds. The highest BCUT2D eigenvalue weighted by atomic mass is 16.1. The van der Waals surface area contributed by atoms with Crippen LogP contribution in [-0.4, -0.2) is 5.78 Å². The number of ketones is 1. The van der Waals surface area contributed by atoms with E-state index in [0.29, 0.717) is 18.1 Å². The average molecular weight is 150 g/mol. The van der Waals surface area contributed by atoms with Crippen molar-refractivity contribution in [2.45, 2.75) is 19.8 Å². The van der Waals surface area contributed by atoms with Crippen molar-refractivity contribution in [3.8, 4) is 0 Å². The van der Waals surface area contributed by atoms with Gasteiger partial charge in [0, 0.05) is 6.42 Å². The number of carbonyl (C=O) groups is 1. The summed E-state index contributed by atoms with van der Waals surface area (Å²) < 4.78 is 0. The molecule has 1 nitrogen and oxygen atoms in total. The first-order valence-electron chi connectivity index (χ1n) is 3.94. The van der Waals surface area contributed by atoms with Gasteiger partial charge in [0.2, 0.25) is 0 Å². The average Bonchev–Trinajstić information content (AvgIpc) is 2.30. The van der Waals surface area contributed by atoms with Crippen LogP contribution in [-0.2, 0) is 4.79 Å². The van der Waals surface area contributed by atoms with Gasteiger partial charge in [0.1, 0.15) is 5.78 Å². The van der Waals surface area contributed by atoms with Crippen molar-refractivity contribution in [3.05, 3.63) is 25.3 Å². The Morgan fingerprint density at radius 2 is 2.27 bits per heavy atom. The maximum absolute atomic E-state index is 11.4. The molecule has 1 rings (SSSR count). The van der Waals surface area contributed by atoms with E-state index in [4.69, 9.17) is 0 Å². The van der Waals surface area contributed by atoms with Crippen molar-refractivity contribution in [1.29, 1.82) is 0 Å². The van der Waals surface area contributed by atoms with E-state index in [1.54, 1.807) is 6.08 Å². The van der Waals surface area contributed by atoms with Gasteiger partial charge in [0.25, 0.3) is 0 Å². The zero-order valence-corrected chi connectivity index (χ0v) is 6.97. The molecule has 1 aliphatic carbocycles. The predicted molar refractivity (Wildman–Crippen MR) is 46.2 cm³/mol. The number of hydrogen-bond donors (Lipinski definition) is 0. The summed E-state index contributed by atoms with van der Waals surface area (Å²) in [5, 5.41) is 0. The van der Waals surface area contributed by atoms with Crippen LogP contribution in [0.5, 0.6) is 0 Å². The third-order valence-corrected chi connectivity index (χ3v) is 2.76. The number of Topliss-reactive ketones (excluding diaryl/α,β-unsaturated/α-hetero) is 1. The Balaban J connectivity index is 2.95. The fourth-order valence-electron chi connectivity index (χ4n) is 1.69. The number of rotatable bonds is 2. The fraction of sp³-hybridized carbons (Fsp3) is 0.500. The maximum atomic E-state index is 11.4. The van der Waals surface area contributed by atoms with Crippen molar-refractivity contribution >= 4 is 5.78 Å². The highest BCUT2D eigenvalue weighted by molar-refractivity contribution is 5.89. The number of carbonyl (C=O) groups excluding carboxylic acids is 1. The maximum Gasteiger partial charge on any atom is 0.143 e. The van der Waals surface area contributed by atoms with Crippen molar-refractivity contribution in [2.24, 2.45) is 11.3 Å². The van der Waals surface area contributed by atoms with Gasteiger partial charge in [-0.15, -0.1) is 13.2 Å². The van der Waals surface area contributed by atoms with Crippen LogP contribution in [0.1, 0.15) is 19.8 Å². The largest absolute Gasteiger partial charge is 0.299 e. The molecule has 0 radical (unpaired) electrons. The molecule has 0 aromatic carbocycles. The Morgan fingerprint density at radius 1 is 1.64 bits per heavy atom. The Morgan fingerprint density at radius 3 is 2.64 bits per heavy atom. The molecular formula is C10H14O. The second-order valence-electron chi connectivity index (χ2n) is 3.29. The normalized spacial score (nSPS) is 37.2. The van der Waals surface area contributed by atoms with Gasteiger partial charge in [-0.25, -0.2) is 0 Å². The molecule has 0 heterocycles. The molecule has 1 aliphatic rings. The standard InChI is InChI=1S/C10H14O/c1-4-8-6-7-9(11)10(8,3)5-2/h4-5,8H,1-2,6-7H2,3H3. The zero-order valence-electron chi connectivity index (χ0n) is 6.97. The molecule has 1 saturated carbocycles. The quantitative estimate of drug-likeness (QED) is 0.552. The van der Waals surface area contributed by atoms with Crippen molar-refractivity contribution < 1.29 is 4.79 Å². The van der Waals surface area contributed by atoms with E-state index in [9.17, 15) is 4.79 Å². The Labute approximate surface area is 67.8 Å². The van der Waals surface area contributed by atoms with E-state index >= 15 is 0 Å². The van der Waals surface area contributed by atoms with Crippen LogP contribution >= 0.6 is 0 Å². The van der Waals surface area contributed by atoms with Gasteiger partial charge < -0.3 is 0 Å². The van der Waals surface area contributed by atoms with E-state index in [1.165, 1.54) is 0 Å². The van der Waals surface area contributed by atoms with Crippen LogP contribution in [0.3, 0.4) is 0 Å². The van der Waals surface area contributed by atoms with Crippen LogP contribution in [0.4, 0.5) is 0 Å². The summed E-state index contributed by atoms with van der Waals surface area (Å²) >= 11 is 0. The lowest BCUT2D eigenvalue weighted by Gasteiger charge is -2.22. The molecular weight excluding hydrogens is 136 g/mol. The molecule has 0 bridgehead atoms. The van der Waals surface area contributed by atoms with Crippen LogP contribution in [0.15, 0.2) is 25.3 Å². The summed E-state index contributed by atoms with van der Waals surface area (Å²) in [6, 6.07) is 0. The van der Waals surface area contributed by atoms with Crippen LogP contribution < -0.4 is 0 Å². The molecule has 0 aliphatic heterocycles. The summed E-state index contributed by atoms with van der Waals surface area (Å²) in [6.45, 7) is 9.36. The fourth-order valence-corrected chi connectivity index (χ4v) is 1.69. The van der Waals surface area contributed by atoms with Crippen LogP contribution in [0, 0.1) is 11.3 Å². The molecule has 0 saturated heterocycles. The van der Waals surface area contributed by atoms with Gasteiger partial charge >= 0.3 is 0 Å².